The number of anilines is 3. The van der Waals surface area contributed by atoms with Gasteiger partial charge in [0.1, 0.15) is 5.82 Å². The average molecular weight is 397 g/mol. The van der Waals surface area contributed by atoms with Crippen molar-refractivity contribution < 1.29 is 9.59 Å². The minimum absolute atomic E-state index is 0.0143. The molecule has 2 aromatic rings. The molecule has 3 heterocycles. The Morgan fingerprint density at radius 1 is 1.14 bits per heavy atom. The molecule has 1 aromatic heterocycles. The van der Waals surface area contributed by atoms with Crippen LogP contribution in [0.15, 0.2) is 47.5 Å². The number of nitrogens with zero attached hydrogens (tertiary/aromatic N) is 3. The van der Waals surface area contributed by atoms with Crippen LogP contribution in [0.25, 0.3) is 0 Å². The molecule has 2 fully saturated rings. The fraction of sp³-hybridized carbons (Fsp3) is 0.381. The summed E-state index contributed by atoms with van der Waals surface area (Å²) in [4.78, 5) is 34.6. The van der Waals surface area contributed by atoms with E-state index in [0.717, 1.165) is 29.5 Å². The lowest BCUT2D eigenvalue weighted by atomic mass is 10.1. The van der Waals surface area contributed by atoms with Crippen molar-refractivity contribution in [3.8, 4) is 0 Å². The molecule has 0 spiro atoms. The zero-order chi connectivity index (χ0) is 19.5. The van der Waals surface area contributed by atoms with E-state index in [1.54, 1.807) is 22.9 Å². The highest BCUT2D eigenvalue weighted by Crippen LogP contribution is 2.28. The molecule has 28 heavy (non-hydrogen) atoms. The summed E-state index contributed by atoms with van der Waals surface area (Å²) < 4.78 is 0. The molecule has 1 atom stereocenters. The predicted octanol–water partition coefficient (Wildman–Crippen LogP) is 3.40. The lowest BCUT2D eigenvalue weighted by Gasteiger charge is -2.18. The van der Waals surface area contributed by atoms with Crippen LogP contribution in [-0.2, 0) is 9.59 Å². The normalized spacial score (nSPS) is 19.3. The Kier molecular flexibility index (Phi) is 5.52. The molecule has 1 unspecified atom stereocenters. The van der Waals surface area contributed by atoms with E-state index in [-0.39, 0.29) is 24.2 Å². The first kappa shape index (κ1) is 18.8. The van der Waals surface area contributed by atoms with Crippen molar-refractivity contribution in [3.63, 3.8) is 0 Å². The van der Waals surface area contributed by atoms with Gasteiger partial charge in [-0.05, 0) is 55.5 Å². The van der Waals surface area contributed by atoms with E-state index in [9.17, 15) is 9.59 Å². The van der Waals surface area contributed by atoms with Crippen molar-refractivity contribution in [1.29, 1.82) is 0 Å². The molecule has 2 saturated heterocycles. The predicted molar refractivity (Wildman–Crippen MR) is 113 cm³/mol. The zero-order valence-corrected chi connectivity index (χ0v) is 16.7. The Labute approximate surface area is 169 Å². The molecule has 1 N–H and O–H groups in total. The Morgan fingerprint density at radius 3 is 2.54 bits per heavy atom. The fourth-order valence-electron chi connectivity index (χ4n) is 3.73. The smallest absolute Gasteiger partial charge is 0.229 e. The molecule has 2 aliphatic heterocycles. The summed E-state index contributed by atoms with van der Waals surface area (Å²) in [5.74, 6) is 0.448. The van der Waals surface area contributed by atoms with Crippen molar-refractivity contribution in [2.45, 2.75) is 24.2 Å². The third kappa shape index (κ3) is 3.99. The van der Waals surface area contributed by atoms with Gasteiger partial charge in [-0.15, -0.1) is 11.8 Å². The van der Waals surface area contributed by atoms with E-state index < -0.39 is 0 Å². The van der Waals surface area contributed by atoms with Crippen LogP contribution in [0.2, 0.25) is 0 Å². The number of hydrogen-bond acceptors (Lipinski definition) is 5. The van der Waals surface area contributed by atoms with Gasteiger partial charge < -0.3 is 15.1 Å². The van der Waals surface area contributed by atoms with Gasteiger partial charge in [0.2, 0.25) is 11.8 Å². The number of benzene rings is 1. The molecule has 4 rings (SSSR count). The highest BCUT2D eigenvalue weighted by Gasteiger charge is 2.35. The number of carbonyl (C=O) groups excluding carboxylic acids is 2. The van der Waals surface area contributed by atoms with Crippen LogP contribution >= 0.6 is 11.8 Å². The van der Waals surface area contributed by atoms with Crippen LogP contribution in [0.1, 0.15) is 19.3 Å². The fourth-order valence-corrected chi connectivity index (χ4v) is 4.14. The highest BCUT2D eigenvalue weighted by atomic mass is 32.2. The third-order valence-electron chi connectivity index (χ3n) is 5.33. The summed E-state index contributed by atoms with van der Waals surface area (Å²) in [6, 6.07) is 11.7. The number of aromatic nitrogens is 1. The quantitative estimate of drug-likeness (QED) is 0.785. The van der Waals surface area contributed by atoms with Crippen molar-refractivity contribution >= 4 is 40.8 Å². The molecule has 0 aliphatic carbocycles. The molecule has 146 valence electrons. The lowest BCUT2D eigenvalue weighted by Crippen LogP contribution is -2.28. The number of amides is 2. The van der Waals surface area contributed by atoms with Gasteiger partial charge in [0, 0.05) is 36.6 Å². The van der Waals surface area contributed by atoms with Crippen LogP contribution in [-0.4, -0.2) is 42.7 Å². The Bertz CT molecular complexity index is 848. The summed E-state index contributed by atoms with van der Waals surface area (Å²) >= 11 is 1.66. The lowest BCUT2D eigenvalue weighted by molar-refractivity contribution is -0.122. The first-order valence-electron chi connectivity index (χ1n) is 9.60. The topological polar surface area (TPSA) is 65.5 Å². The minimum atomic E-state index is -0.356. The Balaban J connectivity index is 1.37. The van der Waals surface area contributed by atoms with E-state index in [1.165, 1.54) is 12.8 Å². The molecule has 1 aromatic carbocycles. The van der Waals surface area contributed by atoms with Gasteiger partial charge in [0.05, 0.1) is 17.8 Å². The number of hydrogen-bond donors (Lipinski definition) is 1. The minimum Gasteiger partial charge on any atom is -0.357 e. The Morgan fingerprint density at radius 2 is 1.89 bits per heavy atom. The molecular weight excluding hydrogens is 372 g/mol. The van der Waals surface area contributed by atoms with E-state index in [4.69, 9.17) is 0 Å². The van der Waals surface area contributed by atoms with Crippen molar-refractivity contribution in [2.75, 3.05) is 41.0 Å². The van der Waals surface area contributed by atoms with Gasteiger partial charge in [-0.1, -0.05) is 0 Å². The molecule has 2 aliphatic rings. The van der Waals surface area contributed by atoms with Crippen molar-refractivity contribution in [2.24, 2.45) is 5.92 Å². The summed E-state index contributed by atoms with van der Waals surface area (Å²) in [5, 5.41) is 2.91. The SMILES string of the molecule is CSc1ccc(N2CC(C(=O)Nc3ccc(N4CCCC4)nc3)CC2=O)cc1. The molecule has 7 heteroatoms. The van der Waals surface area contributed by atoms with Crippen molar-refractivity contribution in [1.82, 2.24) is 4.98 Å². The maximum Gasteiger partial charge on any atom is 0.229 e. The van der Waals surface area contributed by atoms with Gasteiger partial charge >= 0.3 is 0 Å². The van der Waals surface area contributed by atoms with E-state index >= 15 is 0 Å². The van der Waals surface area contributed by atoms with E-state index in [2.05, 4.69) is 15.2 Å². The summed E-state index contributed by atoms with van der Waals surface area (Å²) in [7, 11) is 0. The van der Waals surface area contributed by atoms with Crippen LogP contribution in [0.3, 0.4) is 0 Å². The maximum absolute atomic E-state index is 12.6. The summed E-state index contributed by atoms with van der Waals surface area (Å²) in [6.07, 6.45) is 6.35. The number of pyridine rings is 1. The number of rotatable bonds is 5. The Hall–Kier alpha value is -2.54. The van der Waals surface area contributed by atoms with E-state index in [1.807, 2.05) is 42.7 Å². The van der Waals surface area contributed by atoms with Crippen LogP contribution < -0.4 is 15.1 Å². The second-order valence-electron chi connectivity index (χ2n) is 7.19. The molecule has 2 amide bonds. The number of thioether (sulfide) groups is 1. The van der Waals surface area contributed by atoms with Crippen molar-refractivity contribution in [3.05, 3.63) is 42.6 Å². The van der Waals surface area contributed by atoms with Gasteiger partial charge in [-0.25, -0.2) is 4.98 Å². The molecule has 0 radical (unpaired) electrons. The van der Waals surface area contributed by atoms with Gasteiger partial charge in [0.25, 0.3) is 0 Å². The first-order chi connectivity index (χ1) is 13.6. The van der Waals surface area contributed by atoms with E-state index in [0.29, 0.717) is 12.2 Å². The standard InChI is InChI=1S/C21H24N4O2S/c1-28-18-7-5-17(6-8-18)25-14-15(12-20(25)26)21(27)23-16-4-9-19(22-13-16)24-10-2-3-11-24/h4-9,13,15H,2-3,10-12,14H2,1H3,(H,23,27). The average Bonchev–Trinajstić information content (AvgIpc) is 3.39. The number of nitrogens with one attached hydrogen (secondary N) is 1. The van der Waals surface area contributed by atoms with Gasteiger partial charge in [0.15, 0.2) is 0 Å². The molecular formula is C21H24N4O2S. The van der Waals surface area contributed by atoms with Crippen LogP contribution in [0, 0.1) is 5.92 Å². The maximum atomic E-state index is 12.6. The van der Waals surface area contributed by atoms with Crippen LogP contribution in [0.5, 0.6) is 0 Å². The summed E-state index contributed by atoms with van der Waals surface area (Å²) in [5.41, 5.74) is 1.51. The summed E-state index contributed by atoms with van der Waals surface area (Å²) in [6.45, 7) is 2.48. The molecule has 0 bridgehead atoms. The second-order valence-corrected chi connectivity index (χ2v) is 8.07. The number of carbonyl (C=O) groups is 2. The van der Waals surface area contributed by atoms with Gasteiger partial charge in [-0.3, -0.25) is 9.59 Å². The highest BCUT2D eigenvalue weighted by molar-refractivity contribution is 7.98. The first-order valence-corrected chi connectivity index (χ1v) is 10.8. The second kappa shape index (κ2) is 8.22. The monoisotopic (exact) mass is 396 g/mol. The molecule has 6 nitrogen and oxygen atoms in total. The molecule has 0 saturated carbocycles. The third-order valence-corrected chi connectivity index (χ3v) is 6.07. The zero-order valence-electron chi connectivity index (χ0n) is 15.9. The van der Waals surface area contributed by atoms with Crippen LogP contribution in [0.4, 0.5) is 17.2 Å². The largest absolute Gasteiger partial charge is 0.357 e. The van der Waals surface area contributed by atoms with Gasteiger partial charge in [-0.2, -0.15) is 0 Å².